The molecule has 3 nitrogen and oxygen atoms in total. The van der Waals surface area contributed by atoms with Gasteiger partial charge in [0, 0.05) is 0 Å². The SMILES string of the molecule is CCCCC1(c2ccccc2)CC(=O)C(SCCc2ccccc2)C(=O)O1. The number of benzene rings is 2. The van der Waals surface area contributed by atoms with Crippen LogP contribution in [0, 0.1) is 0 Å². The van der Waals surface area contributed by atoms with E-state index in [2.05, 4.69) is 19.1 Å². The smallest absolute Gasteiger partial charge is 0.327 e. The number of carbonyl (C=O) groups excluding carboxylic acids is 2. The molecule has 0 bridgehead atoms. The first-order valence-electron chi connectivity index (χ1n) is 9.61. The number of Topliss-reactive ketones (excluding diaryl/α,β-unsaturated/α-hetero) is 1. The largest absolute Gasteiger partial charge is 0.453 e. The van der Waals surface area contributed by atoms with E-state index in [4.69, 9.17) is 4.74 Å². The van der Waals surface area contributed by atoms with E-state index in [1.807, 2.05) is 48.5 Å². The van der Waals surface area contributed by atoms with Crippen molar-refractivity contribution in [2.45, 2.75) is 49.9 Å². The second-order valence-electron chi connectivity index (χ2n) is 7.01. The average molecular weight is 383 g/mol. The van der Waals surface area contributed by atoms with Crippen LogP contribution in [0.5, 0.6) is 0 Å². The molecule has 0 amide bonds. The molecule has 2 aromatic carbocycles. The van der Waals surface area contributed by atoms with Crippen LogP contribution in [0.2, 0.25) is 0 Å². The molecule has 2 aromatic rings. The van der Waals surface area contributed by atoms with Gasteiger partial charge in [-0.2, -0.15) is 0 Å². The van der Waals surface area contributed by atoms with Crippen molar-refractivity contribution in [3.05, 3.63) is 71.8 Å². The van der Waals surface area contributed by atoms with Crippen molar-refractivity contribution < 1.29 is 14.3 Å². The molecular weight excluding hydrogens is 356 g/mol. The van der Waals surface area contributed by atoms with Gasteiger partial charge in [-0.3, -0.25) is 9.59 Å². The first-order chi connectivity index (χ1) is 13.1. The number of cyclic esters (lactones) is 1. The van der Waals surface area contributed by atoms with Gasteiger partial charge in [-0.05, 0) is 36.1 Å². The normalized spacial score (nSPS) is 22.5. The van der Waals surface area contributed by atoms with Gasteiger partial charge < -0.3 is 4.74 Å². The van der Waals surface area contributed by atoms with Gasteiger partial charge in [0.25, 0.3) is 0 Å². The number of thioether (sulfide) groups is 1. The summed E-state index contributed by atoms with van der Waals surface area (Å²) in [6, 6.07) is 19.8. The third kappa shape index (κ3) is 4.81. The molecular formula is C23H26O3S. The maximum Gasteiger partial charge on any atom is 0.327 e. The first kappa shape index (κ1) is 19.7. The number of ether oxygens (including phenoxy) is 1. The lowest BCUT2D eigenvalue weighted by atomic mass is 9.81. The Balaban J connectivity index is 1.68. The summed E-state index contributed by atoms with van der Waals surface area (Å²) in [4.78, 5) is 25.6. The standard InChI is InChI=1S/C23H26O3S/c1-2-3-15-23(19-12-8-5-9-13-19)17-20(24)21(22(25)26-23)27-16-14-18-10-6-4-7-11-18/h4-13,21H,2-3,14-17H2,1H3. The molecule has 0 spiro atoms. The highest BCUT2D eigenvalue weighted by Crippen LogP contribution is 2.41. The number of esters is 1. The minimum atomic E-state index is -0.804. The molecule has 142 valence electrons. The highest BCUT2D eigenvalue weighted by molar-refractivity contribution is 8.01. The number of ketones is 1. The summed E-state index contributed by atoms with van der Waals surface area (Å²) >= 11 is 1.40. The van der Waals surface area contributed by atoms with Gasteiger partial charge in [0.05, 0.1) is 6.42 Å². The van der Waals surface area contributed by atoms with Crippen molar-refractivity contribution in [2.24, 2.45) is 0 Å². The van der Waals surface area contributed by atoms with Gasteiger partial charge in [-0.1, -0.05) is 74.0 Å². The van der Waals surface area contributed by atoms with E-state index in [0.717, 1.165) is 30.6 Å². The Morgan fingerprint density at radius 3 is 2.33 bits per heavy atom. The Bertz CT molecular complexity index is 740. The summed E-state index contributed by atoms with van der Waals surface area (Å²) in [5, 5.41) is -0.702. The molecule has 4 heteroatoms. The van der Waals surface area contributed by atoms with E-state index in [0.29, 0.717) is 6.42 Å². The van der Waals surface area contributed by atoms with Crippen LogP contribution in [-0.2, 0) is 26.3 Å². The average Bonchev–Trinajstić information content (AvgIpc) is 2.70. The molecule has 0 saturated carbocycles. The van der Waals surface area contributed by atoms with E-state index in [-0.39, 0.29) is 18.2 Å². The Morgan fingerprint density at radius 1 is 1.04 bits per heavy atom. The molecule has 2 atom stereocenters. The summed E-state index contributed by atoms with van der Waals surface area (Å²) in [6.07, 6.45) is 3.71. The van der Waals surface area contributed by atoms with E-state index in [9.17, 15) is 9.59 Å². The Morgan fingerprint density at radius 2 is 1.70 bits per heavy atom. The molecule has 0 radical (unpaired) electrons. The zero-order chi connectivity index (χ0) is 19.1. The molecule has 0 N–H and O–H groups in total. The summed E-state index contributed by atoms with van der Waals surface area (Å²) < 4.78 is 5.97. The topological polar surface area (TPSA) is 43.4 Å². The van der Waals surface area contributed by atoms with Crippen LogP contribution < -0.4 is 0 Å². The van der Waals surface area contributed by atoms with Crippen LogP contribution in [0.4, 0.5) is 0 Å². The minimum absolute atomic E-state index is 0.00994. The fraction of sp³-hybridized carbons (Fsp3) is 0.391. The number of hydrogen-bond donors (Lipinski definition) is 0. The highest BCUT2D eigenvalue weighted by atomic mass is 32.2. The summed E-state index contributed by atoms with van der Waals surface area (Å²) in [5.41, 5.74) is 1.33. The number of carbonyl (C=O) groups is 2. The zero-order valence-electron chi connectivity index (χ0n) is 15.7. The van der Waals surface area contributed by atoms with Crippen LogP contribution in [0.1, 0.15) is 43.7 Å². The summed E-state index contributed by atoms with van der Waals surface area (Å²) in [6.45, 7) is 2.10. The lowest BCUT2D eigenvalue weighted by molar-refractivity contribution is -0.172. The molecule has 3 rings (SSSR count). The fourth-order valence-corrected chi connectivity index (χ4v) is 4.58. The highest BCUT2D eigenvalue weighted by Gasteiger charge is 2.47. The van der Waals surface area contributed by atoms with Gasteiger partial charge in [0.15, 0.2) is 11.0 Å². The summed E-state index contributed by atoms with van der Waals surface area (Å²) in [7, 11) is 0. The van der Waals surface area contributed by atoms with Crippen molar-refractivity contribution in [2.75, 3.05) is 5.75 Å². The van der Waals surface area contributed by atoms with Crippen LogP contribution in [0.25, 0.3) is 0 Å². The predicted molar refractivity (Wildman–Crippen MR) is 110 cm³/mol. The predicted octanol–water partition coefficient (Wildman–Crippen LogP) is 4.93. The molecule has 1 heterocycles. The Hall–Kier alpha value is -2.07. The van der Waals surface area contributed by atoms with Crippen LogP contribution in [-0.4, -0.2) is 22.8 Å². The second kappa shape index (κ2) is 9.23. The minimum Gasteiger partial charge on any atom is -0.453 e. The number of hydrogen-bond acceptors (Lipinski definition) is 4. The van der Waals surface area contributed by atoms with Crippen molar-refractivity contribution >= 4 is 23.5 Å². The molecule has 1 saturated heterocycles. The maximum atomic E-state index is 12.9. The van der Waals surface area contributed by atoms with Crippen molar-refractivity contribution in [1.29, 1.82) is 0 Å². The fourth-order valence-electron chi connectivity index (χ4n) is 3.54. The molecule has 2 unspecified atom stereocenters. The zero-order valence-corrected chi connectivity index (χ0v) is 16.5. The van der Waals surface area contributed by atoms with Gasteiger partial charge in [-0.25, -0.2) is 0 Å². The van der Waals surface area contributed by atoms with Crippen LogP contribution in [0.3, 0.4) is 0 Å². The lowest BCUT2D eigenvalue weighted by Crippen LogP contribution is -2.47. The first-order valence-corrected chi connectivity index (χ1v) is 10.7. The molecule has 27 heavy (non-hydrogen) atoms. The molecule has 0 aliphatic carbocycles. The number of unbranched alkanes of at least 4 members (excludes halogenated alkanes) is 1. The third-order valence-electron chi connectivity index (χ3n) is 5.01. The van der Waals surface area contributed by atoms with Gasteiger partial charge in [0.1, 0.15) is 5.60 Å². The lowest BCUT2D eigenvalue weighted by Gasteiger charge is -2.39. The second-order valence-corrected chi connectivity index (χ2v) is 8.23. The molecule has 1 fully saturated rings. The van der Waals surface area contributed by atoms with E-state index >= 15 is 0 Å². The van der Waals surface area contributed by atoms with E-state index in [1.165, 1.54) is 17.3 Å². The quantitative estimate of drug-likeness (QED) is 0.479. The van der Waals surface area contributed by atoms with E-state index in [1.54, 1.807) is 0 Å². The molecule has 1 aliphatic rings. The Labute approximate surface area is 165 Å². The van der Waals surface area contributed by atoms with Gasteiger partial charge in [-0.15, -0.1) is 11.8 Å². The summed E-state index contributed by atoms with van der Waals surface area (Å²) in [5.74, 6) is 0.330. The van der Waals surface area contributed by atoms with Crippen molar-refractivity contribution in [1.82, 2.24) is 0 Å². The molecule has 1 aliphatic heterocycles. The van der Waals surface area contributed by atoms with E-state index < -0.39 is 10.9 Å². The third-order valence-corrected chi connectivity index (χ3v) is 6.24. The monoisotopic (exact) mass is 382 g/mol. The van der Waals surface area contributed by atoms with Crippen molar-refractivity contribution in [3.63, 3.8) is 0 Å². The van der Waals surface area contributed by atoms with Crippen LogP contribution >= 0.6 is 11.8 Å². The number of aryl methyl sites for hydroxylation is 1. The van der Waals surface area contributed by atoms with Gasteiger partial charge in [0.2, 0.25) is 0 Å². The Kier molecular flexibility index (Phi) is 6.73. The maximum absolute atomic E-state index is 12.9. The molecule has 0 aromatic heterocycles. The van der Waals surface area contributed by atoms with Crippen molar-refractivity contribution in [3.8, 4) is 0 Å². The van der Waals surface area contributed by atoms with Crippen LogP contribution in [0.15, 0.2) is 60.7 Å². The number of rotatable bonds is 8. The van der Waals surface area contributed by atoms with Gasteiger partial charge >= 0.3 is 5.97 Å².